The van der Waals surface area contributed by atoms with E-state index in [-0.39, 0.29) is 12.4 Å². The van der Waals surface area contributed by atoms with Gasteiger partial charge in [-0.25, -0.2) is 0 Å². The lowest BCUT2D eigenvalue weighted by atomic mass is 10.00. The number of aliphatic hydroxyl groups excluding tert-OH is 1. The molecule has 0 aromatic heterocycles. The Labute approximate surface area is 118 Å². The van der Waals surface area contributed by atoms with Crippen LogP contribution in [0, 0.1) is 0 Å². The van der Waals surface area contributed by atoms with Crippen LogP contribution in [0.2, 0.25) is 5.02 Å². The molecule has 0 saturated heterocycles. The minimum absolute atomic E-state index is 0.212. The van der Waals surface area contributed by atoms with Gasteiger partial charge in [0.2, 0.25) is 0 Å². The van der Waals surface area contributed by atoms with E-state index in [4.69, 9.17) is 11.6 Å². The summed E-state index contributed by atoms with van der Waals surface area (Å²) >= 11 is 5.82. The third-order valence-corrected chi connectivity index (χ3v) is 2.87. The predicted octanol–water partition coefficient (Wildman–Crippen LogP) is 4.40. The number of hydrogen-bond donors (Lipinski definition) is 1. The summed E-state index contributed by atoms with van der Waals surface area (Å²) in [5, 5.41) is 9.76. The lowest BCUT2D eigenvalue weighted by Crippen LogP contribution is -2.16. The Kier molecular flexibility index (Phi) is 4.20. The first-order valence-electron chi connectivity index (χ1n) is 5.64. The molecule has 1 N–H and O–H groups in total. The van der Waals surface area contributed by atoms with Crippen LogP contribution in [-0.4, -0.2) is 11.5 Å². The van der Waals surface area contributed by atoms with E-state index in [1.807, 2.05) is 0 Å². The van der Waals surface area contributed by atoms with Crippen molar-refractivity contribution in [2.24, 2.45) is 0 Å². The molecule has 2 nitrogen and oxygen atoms in total. The first kappa shape index (κ1) is 14.7. The second-order valence-corrected chi connectivity index (χ2v) is 4.47. The zero-order valence-corrected chi connectivity index (χ0v) is 10.9. The number of ether oxygens (including phenoxy) is 1. The van der Waals surface area contributed by atoms with Crippen LogP contribution in [0.25, 0.3) is 11.1 Å². The maximum Gasteiger partial charge on any atom is 0.573 e. The third-order valence-electron chi connectivity index (χ3n) is 2.64. The molecule has 2 rings (SSSR count). The van der Waals surface area contributed by atoms with E-state index in [2.05, 4.69) is 4.74 Å². The summed E-state index contributed by atoms with van der Waals surface area (Å²) in [6, 6.07) is 10.4. The van der Waals surface area contributed by atoms with Crippen molar-refractivity contribution in [3.63, 3.8) is 0 Å². The molecule has 0 saturated carbocycles. The van der Waals surface area contributed by atoms with E-state index >= 15 is 0 Å². The second-order valence-electron chi connectivity index (χ2n) is 4.03. The Bertz CT molecular complexity index is 594. The van der Waals surface area contributed by atoms with E-state index in [9.17, 15) is 18.3 Å². The molecule has 0 atom stereocenters. The predicted molar refractivity (Wildman–Crippen MR) is 69.5 cm³/mol. The summed E-state index contributed by atoms with van der Waals surface area (Å²) in [4.78, 5) is 0. The molecule has 2 aromatic carbocycles. The summed E-state index contributed by atoms with van der Waals surface area (Å²) in [6.45, 7) is -0.212. The highest BCUT2D eigenvalue weighted by atomic mass is 35.5. The highest BCUT2D eigenvalue weighted by Crippen LogP contribution is 2.29. The summed E-state index contributed by atoms with van der Waals surface area (Å²) in [5.74, 6) is -0.291. The Morgan fingerprint density at radius 1 is 1.05 bits per heavy atom. The van der Waals surface area contributed by atoms with Crippen LogP contribution in [-0.2, 0) is 6.61 Å². The number of alkyl halides is 3. The molecule has 0 aliphatic carbocycles. The molecule has 0 fully saturated rings. The first-order valence-corrected chi connectivity index (χ1v) is 6.02. The maximum atomic E-state index is 12.1. The van der Waals surface area contributed by atoms with Gasteiger partial charge in [-0.3, -0.25) is 0 Å². The quantitative estimate of drug-likeness (QED) is 0.910. The highest BCUT2D eigenvalue weighted by molar-refractivity contribution is 6.30. The molecule has 0 bridgehead atoms. The SMILES string of the molecule is OCc1cc(Cl)ccc1-c1ccc(OC(F)(F)F)cc1. The van der Waals surface area contributed by atoms with Crippen molar-refractivity contribution < 1.29 is 23.0 Å². The smallest absolute Gasteiger partial charge is 0.406 e. The van der Waals surface area contributed by atoms with Crippen LogP contribution < -0.4 is 4.74 Å². The first-order chi connectivity index (χ1) is 9.39. The molecule has 0 spiro atoms. The summed E-state index contributed by atoms with van der Waals surface area (Å²) in [7, 11) is 0. The van der Waals surface area contributed by atoms with Gasteiger partial charge in [0.1, 0.15) is 5.75 Å². The number of benzene rings is 2. The zero-order chi connectivity index (χ0) is 14.8. The number of hydrogen-bond acceptors (Lipinski definition) is 2. The molecule has 0 amide bonds. The molecule has 0 unspecified atom stereocenters. The lowest BCUT2D eigenvalue weighted by Gasteiger charge is -2.11. The number of aliphatic hydroxyl groups is 1. The van der Waals surface area contributed by atoms with Crippen molar-refractivity contribution in [3.05, 3.63) is 53.1 Å². The third kappa shape index (κ3) is 3.65. The molecule has 106 valence electrons. The van der Waals surface area contributed by atoms with Crippen LogP contribution in [0.4, 0.5) is 13.2 Å². The van der Waals surface area contributed by atoms with Gasteiger partial charge >= 0.3 is 6.36 Å². The monoisotopic (exact) mass is 302 g/mol. The van der Waals surface area contributed by atoms with Gasteiger partial charge in [-0.15, -0.1) is 13.2 Å². The van der Waals surface area contributed by atoms with E-state index in [0.29, 0.717) is 21.7 Å². The largest absolute Gasteiger partial charge is 0.573 e. The summed E-state index contributed by atoms with van der Waals surface area (Å²) < 4.78 is 40.0. The van der Waals surface area contributed by atoms with E-state index < -0.39 is 6.36 Å². The molecular weight excluding hydrogens is 293 g/mol. The molecule has 0 aliphatic heterocycles. The van der Waals surface area contributed by atoms with Crippen molar-refractivity contribution in [1.29, 1.82) is 0 Å². The molecule has 6 heteroatoms. The average Bonchev–Trinajstić information content (AvgIpc) is 2.38. The topological polar surface area (TPSA) is 29.5 Å². The van der Waals surface area contributed by atoms with Gasteiger partial charge < -0.3 is 9.84 Å². The Morgan fingerprint density at radius 3 is 2.25 bits per heavy atom. The van der Waals surface area contributed by atoms with Crippen molar-refractivity contribution in [1.82, 2.24) is 0 Å². The Balaban J connectivity index is 2.30. The van der Waals surface area contributed by atoms with Crippen molar-refractivity contribution in [3.8, 4) is 16.9 Å². The van der Waals surface area contributed by atoms with E-state index in [0.717, 1.165) is 0 Å². The van der Waals surface area contributed by atoms with Crippen LogP contribution in [0.5, 0.6) is 5.75 Å². The molecule has 0 aliphatic rings. The van der Waals surface area contributed by atoms with Gasteiger partial charge in [-0.2, -0.15) is 0 Å². The van der Waals surface area contributed by atoms with Gasteiger partial charge in [0, 0.05) is 5.02 Å². The minimum Gasteiger partial charge on any atom is -0.406 e. The van der Waals surface area contributed by atoms with Crippen molar-refractivity contribution in [2.45, 2.75) is 13.0 Å². The van der Waals surface area contributed by atoms with Gasteiger partial charge in [-0.1, -0.05) is 29.8 Å². The molecule has 20 heavy (non-hydrogen) atoms. The zero-order valence-electron chi connectivity index (χ0n) is 10.1. The van der Waals surface area contributed by atoms with E-state index in [1.54, 1.807) is 18.2 Å². The summed E-state index contributed by atoms with van der Waals surface area (Å²) in [5.41, 5.74) is 1.97. The number of halogens is 4. The standard InChI is InChI=1S/C14H10ClF3O2/c15-11-3-6-13(10(7-11)8-19)9-1-4-12(5-2-9)20-14(16,17)18/h1-7,19H,8H2. The average molecular weight is 303 g/mol. The Morgan fingerprint density at radius 2 is 1.70 bits per heavy atom. The number of rotatable bonds is 3. The normalized spacial score (nSPS) is 11.4. The van der Waals surface area contributed by atoms with Gasteiger partial charge in [0.05, 0.1) is 6.61 Å². The minimum atomic E-state index is -4.71. The van der Waals surface area contributed by atoms with Gasteiger partial charge in [0.25, 0.3) is 0 Å². The fourth-order valence-corrected chi connectivity index (χ4v) is 2.01. The molecule has 0 radical (unpaired) electrons. The van der Waals surface area contributed by atoms with Crippen LogP contribution >= 0.6 is 11.6 Å². The van der Waals surface area contributed by atoms with Gasteiger partial charge in [-0.05, 0) is 41.0 Å². The lowest BCUT2D eigenvalue weighted by molar-refractivity contribution is -0.274. The van der Waals surface area contributed by atoms with Crippen LogP contribution in [0.1, 0.15) is 5.56 Å². The molecule has 2 aromatic rings. The Hall–Kier alpha value is -1.72. The van der Waals surface area contributed by atoms with Crippen molar-refractivity contribution in [2.75, 3.05) is 0 Å². The maximum absolute atomic E-state index is 12.1. The summed E-state index contributed by atoms with van der Waals surface area (Å²) in [6.07, 6.45) is -4.71. The fourth-order valence-electron chi connectivity index (χ4n) is 1.81. The molecule has 0 heterocycles. The van der Waals surface area contributed by atoms with Crippen LogP contribution in [0.3, 0.4) is 0 Å². The second kappa shape index (κ2) is 5.73. The highest BCUT2D eigenvalue weighted by Gasteiger charge is 2.30. The van der Waals surface area contributed by atoms with Crippen molar-refractivity contribution >= 4 is 11.6 Å². The fraction of sp³-hybridized carbons (Fsp3) is 0.143. The van der Waals surface area contributed by atoms with Crippen LogP contribution in [0.15, 0.2) is 42.5 Å². The van der Waals surface area contributed by atoms with Gasteiger partial charge in [0.15, 0.2) is 0 Å². The molecular formula is C14H10ClF3O2. The van der Waals surface area contributed by atoms with E-state index in [1.165, 1.54) is 24.3 Å².